The minimum atomic E-state index is -0.622. The summed E-state index contributed by atoms with van der Waals surface area (Å²) in [6, 6.07) is 2.00. The van der Waals surface area contributed by atoms with Crippen molar-refractivity contribution in [2.45, 2.75) is 58.0 Å². The molecular formula is C16H24O2. The smallest absolute Gasteiger partial charge is 0.109 e. The van der Waals surface area contributed by atoms with E-state index in [2.05, 4.69) is 13.8 Å². The molecule has 2 aliphatic rings. The summed E-state index contributed by atoms with van der Waals surface area (Å²) >= 11 is 0. The van der Waals surface area contributed by atoms with Crippen molar-refractivity contribution < 1.29 is 9.52 Å². The molecule has 3 rings (SSSR count). The molecule has 2 aliphatic carbocycles. The molecule has 3 unspecified atom stereocenters. The summed E-state index contributed by atoms with van der Waals surface area (Å²) in [5.74, 6) is 2.91. The maximum absolute atomic E-state index is 11.2. The largest absolute Gasteiger partial charge is 0.469 e. The Labute approximate surface area is 109 Å². The van der Waals surface area contributed by atoms with Gasteiger partial charge in [0.15, 0.2) is 0 Å². The lowest BCUT2D eigenvalue weighted by Crippen LogP contribution is -2.41. The van der Waals surface area contributed by atoms with E-state index in [0.29, 0.717) is 5.92 Å². The second kappa shape index (κ2) is 4.41. The molecule has 2 nitrogen and oxygen atoms in total. The molecule has 0 aliphatic heterocycles. The van der Waals surface area contributed by atoms with Gasteiger partial charge in [0, 0.05) is 12.0 Å². The number of hydrogen-bond acceptors (Lipinski definition) is 2. The monoisotopic (exact) mass is 248 g/mol. The molecular weight excluding hydrogens is 224 g/mol. The van der Waals surface area contributed by atoms with Crippen molar-refractivity contribution in [2.24, 2.45) is 17.8 Å². The first-order chi connectivity index (χ1) is 8.59. The summed E-state index contributed by atoms with van der Waals surface area (Å²) in [4.78, 5) is 0. The standard InChI is InChI=1S/C16H24O2/c1-11-8-12(2)10-13(9-11)16(17)6-3-4-15-14(16)5-7-18-15/h5,7,11-13,17H,3-4,6,8-10H2,1-2H3. The summed E-state index contributed by atoms with van der Waals surface area (Å²) in [6.07, 6.45) is 8.32. The maximum atomic E-state index is 11.2. The SMILES string of the molecule is CC1CC(C)CC(C2(O)CCCc3occc32)C1. The highest BCUT2D eigenvalue weighted by molar-refractivity contribution is 5.28. The Kier molecular flexibility index (Phi) is 3.01. The number of aryl methyl sites for hydroxylation is 1. The number of rotatable bonds is 1. The van der Waals surface area contributed by atoms with Crippen molar-refractivity contribution in [2.75, 3.05) is 0 Å². The van der Waals surface area contributed by atoms with Crippen LogP contribution in [0.25, 0.3) is 0 Å². The number of aliphatic hydroxyl groups is 1. The molecule has 2 heteroatoms. The average molecular weight is 248 g/mol. The first-order valence-corrected chi connectivity index (χ1v) is 7.39. The molecule has 100 valence electrons. The minimum absolute atomic E-state index is 0.410. The number of fused-ring (bicyclic) bond motifs is 1. The fraction of sp³-hybridized carbons (Fsp3) is 0.750. The topological polar surface area (TPSA) is 33.4 Å². The van der Waals surface area contributed by atoms with E-state index >= 15 is 0 Å². The van der Waals surface area contributed by atoms with E-state index < -0.39 is 5.60 Å². The molecule has 1 fully saturated rings. The van der Waals surface area contributed by atoms with Gasteiger partial charge in [-0.05, 0) is 55.9 Å². The second-order valence-electron chi connectivity index (χ2n) is 6.65. The van der Waals surface area contributed by atoms with Gasteiger partial charge in [-0.3, -0.25) is 0 Å². The Balaban J connectivity index is 1.91. The third-order valence-electron chi connectivity index (χ3n) is 5.03. The molecule has 0 spiro atoms. The van der Waals surface area contributed by atoms with Crippen LogP contribution < -0.4 is 0 Å². The highest BCUT2D eigenvalue weighted by Crippen LogP contribution is 2.48. The summed E-state index contributed by atoms with van der Waals surface area (Å²) in [7, 11) is 0. The molecule has 0 saturated heterocycles. The Morgan fingerprint density at radius 3 is 2.67 bits per heavy atom. The van der Waals surface area contributed by atoms with Gasteiger partial charge in [-0.15, -0.1) is 0 Å². The van der Waals surface area contributed by atoms with Crippen LogP contribution in [0.4, 0.5) is 0 Å². The van der Waals surface area contributed by atoms with Crippen LogP contribution in [0, 0.1) is 17.8 Å². The Hall–Kier alpha value is -0.760. The van der Waals surface area contributed by atoms with Crippen LogP contribution in [-0.4, -0.2) is 5.11 Å². The van der Waals surface area contributed by atoms with Gasteiger partial charge in [0.2, 0.25) is 0 Å². The Morgan fingerprint density at radius 2 is 1.94 bits per heavy atom. The van der Waals surface area contributed by atoms with Crippen molar-refractivity contribution in [1.82, 2.24) is 0 Å². The van der Waals surface area contributed by atoms with Crippen molar-refractivity contribution in [1.29, 1.82) is 0 Å². The minimum Gasteiger partial charge on any atom is -0.469 e. The molecule has 0 radical (unpaired) electrons. The second-order valence-corrected chi connectivity index (χ2v) is 6.65. The van der Waals surface area contributed by atoms with Gasteiger partial charge in [-0.2, -0.15) is 0 Å². The zero-order valence-electron chi connectivity index (χ0n) is 11.5. The van der Waals surface area contributed by atoms with Crippen LogP contribution in [-0.2, 0) is 12.0 Å². The van der Waals surface area contributed by atoms with Crippen LogP contribution in [0.3, 0.4) is 0 Å². The molecule has 3 atom stereocenters. The first-order valence-electron chi connectivity index (χ1n) is 7.39. The van der Waals surface area contributed by atoms with E-state index in [1.165, 1.54) is 6.42 Å². The van der Waals surface area contributed by atoms with Crippen molar-refractivity contribution in [3.63, 3.8) is 0 Å². The van der Waals surface area contributed by atoms with Crippen LogP contribution in [0.2, 0.25) is 0 Å². The van der Waals surface area contributed by atoms with E-state index in [1.807, 2.05) is 6.07 Å². The van der Waals surface area contributed by atoms with E-state index in [0.717, 1.165) is 55.3 Å². The molecule has 0 bridgehead atoms. The van der Waals surface area contributed by atoms with Gasteiger partial charge in [-0.25, -0.2) is 0 Å². The zero-order chi connectivity index (χ0) is 12.8. The third-order valence-corrected chi connectivity index (χ3v) is 5.03. The van der Waals surface area contributed by atoms with Gasteiger partial charge < -0.3 is 9.52 Å². The summed E-state index contributed by atoms with van der Waals surface area (Å²) in [5, 5.41) is 11.2. The normalized spacial score (nSPS) is 40.5. The van der Waals surface area contributed by atoms with Crippen molar-refractivity contribution in [3.05, 3.63) is 23.7 Å². The fourth-order valence-electron chi connectivity index (χ4n) is 4.33. The van der Waals surface area contributed by atoms with Gasteiger partial charge in [0.05, 0.1) is 11.9 Å². The lowest BCUT2D eigenvalue weighted by atomic mass is 9.64. The van der Waals surface area contributed by atoms with E-state index in [1.54, 1.807) is 6.26 Å². The van der Waals surface area contributed by atoms with Crippen LogP contribution in [0.15, 0.2) is 16.7 Å². The van der Waals surface area contributed by atoms with Crippen LogP contribution >= 0.6 is 0 Å². The number of furan rings is 1. The quantitative estimate of drug-likeness (QED) is 0.818. The molecule has 1 saturated carbocycles. The molecule has 0 amide bonds. The Morgan fingerprint density at radius 1 is 1.22 bits per heavy atom. The van der Waals surface area contributed by atoms with E-state index in [-0.39, 0.29) is 0 Å². The van der Waals surface area contributed by atoms with Gasteiger partial charge in [-0.1, -0.05) is 13.8 Å². The summed E-state index contributed by atoms with van der Waals surface area (Å²) < 4.78 is 5.54. The zero-order valence-corrected chi connectivity index (χ0v) is 11.5. The predicted octanol–water partition coefficient (Wildman–Crippen LogP) is 3.88. The van der Waals surface area contributed by atoms with Crippen molar-refractivity contribution in [3.8, 4) is 0 Å². The summed E-state index contributed by atoms with van der Waals surface area (Å²) in [6.45, 7) is 4.65. The molecule has 1 aromatic heterocycles. The average Bonchev–Trinajstić information content (AvgIpc) is 2.77. The van der Waals surface area contributed by atoms with Crippen LogP contribution in [0.1, 0.15) is 57.3 Å². The molecule has 1 N–H and O–H groups in total. The van der Waals surface area contributed by atoms with E-state index in [9.17, 15) is 5.11 Å². The number of hydrogen-bond donors (Lipinski definition) is 1. The van der Waals surface area contributed by atoms with Gasteiger partial charge in [0.25, 0.3) is 0 Å². The lowest BCUT2D eigenvalue weighted by Gasteiger charge is -2.44. The molecule has 0 aromatic carbocycles. The maximum Gasteiger partial charge on any atom is 0.109 e. The molecule has 1 aromatic rings. The fourth-order valence-corrected chi connectivity index (χ4v) is 4.33. The predicted molar refractivity (Wildman–Crippen MR) is 71.2 cm³/mol. The molecule has 1 heterocycles. The van der Waals surface area contributed by atoms with Crippen molar-refractivity contribution >= 4 is 0 Å². The highest BCUT2D eigenvalue weighted by atomic mass is 16.3. The van der Waals surface area contributed by atoms with Gasteiger partial charge in [0.1, 0.15) is 5.76 Å². The van der Waals surface area contributed by atoms with Crippen LogP contribution in [0.5, 0.6) is 0 Å². The van der Waals surface area contributed by atoms with Gasteiger partial charge >= 0.3 is 0 Å². The highest BCUT2D eigenvalue weighted by Gasteiger charge is 2.45. The summed E-state index contributed by atoms with van der Waals surface area (Å²) in [5.41, 5.74) is 0.462. The van der Waals surface area contributed by atoms with E-state index in [4.69, 9.17) is 4.42 Å². The molecule has 18 heavy (non-hydrogen) atoms. The lowest BCUT2D eigenvalue weighted by molar-refractivity contribution is -0.0682. The third kappa shape index (κ3) is 1.91. The Bertz CT molecular complexity index is 412. The first kappa shape index (κ1) is 12.3.